The Morgan fingerprint density at radius 1 is 1.34 bits per heavy atom. The van der Waals surface area contributed by atoms with Gasteiger partial charge in [-0.05, 0) is 20.3 Å². The van der Waals surface area contributed by atoms with E-state index in [1.165, 1.54) is 0 Å². The van der Waals surface area contributed by atoms with Crippen LogP contribution >= 0.6 is 0 Å². The van der Waals surface area contributed by atoms with E-state index in [1.807, 2.05) is 0 Å². The number of carboxylic acids is 1. The molecule has 0 aliphatic carbocycles. The van der Waals surface area contributed by atoms with Crippen molar-refractivity contribution in [2.45, 2.75) is 38.6 Å². The summed E-state index contributed by atoms with van der Waals surface area (Å²) in [6.45, 7) is 2.59. The second kappa shape index (κ2) is 9.28. The van der Waals surface area contributed by atoms with Crippen molar-refractivity contribution in [1.82, 2.24) is 25.5 Å². The molecule has 1 aliphatic rings. The molecular formula is C18H22F3N7O4. The van der Waals surface area contributed by atoms with E-state index in [9.17, 15) is 27.9 Å². The molecule has 0 unspecified atom stereocenters. The Balaban J connectivity index is 1.75. The number of halogens is 3. The lowest BCUT2D eigenvalue weighted by atomic mass is 9.94. The predicted molar refractivity (Wildman–Crippen MR) is 106 cm³/mol. The summed E-state index contributed by atoms with van der Waals surface area (Å²) in [5.74, 6) is -0.791. The van der Waals surface area contributed by atoms with E-state index in [0.717, 1.165) is 0 Å². The van der Waals surface area contributed by atoms with Gasteiger partial charge >= 0.3 is 18.2 Å². The molecule has 1 fully saturated rings. The van der Waals surface area contributed by atoms with Crippen molar-refractivity contribution in [1.29, 1.82) is 0 Å². The molecule has 2 aromatic heterocycles. The number of hydrogen-bond acceptors (Lipinski definition) is 8. The molecule has 1 aliphatic heterocycles. The number of aromatic nitrogens is 4. The number of aromatic amines is 1. The number of amides is 1. The van der Waals surface area contributed by atoms with Gasteiger partial charge in [-0.25, -0.2) is 9.78 Å². The number of alkyl halides is 3. The first kappa shape index (κ1) is 23.1. The van der Waals surface area contributed by atoms with Gasteiger partial charge in [-0.2, -0.15) is 23.3 Å². The fourth-order valence-electron chi connectivity index (χ4n) is 3.20. The summed E-state index contributed by atoms with van der Waals surface area (Å²) < 4.78 is 42.3. The first-order chi connectivity index (χ1) is 15.0. The van der Waals surface area contributed by atoms with Crippen LogP contribution in [0.25, 0.3) is 0 Å². The van der Waals surface area contributed by atoms with Gasteiger partial charge in [-0.15, -0.1) is 0 Å². The van der Waals surface area contributed by atoms with E-state index in [1.54, 1.807) is 30.2 Å². The highest BCUT2D eigenvalue weighted by Crippen LogP contribution is 2.25. The fraction of sp³-hybridized carbons (Fsp3) is 0.500. The number of rotatable bonds is 6. The van der Waals surface area contributed by atoms with Gasteiger partial charge in [0, 0.05) is 30.9 Å². The highest BCUT2D eigenvalue weighted by molar-refractivity contribution is 5.72. The van der Waals surface area contributed by atoms with E-state index >= 15 is 0 Å². The van der Waals surface area contributed by atoms with Crippen LogP contribution in [0.5, 0.6) is 0 Å². The van der Waals surface area contributed by atoms with Crippen molar-refractivity contribution >= 4 is 29.6 Å². The first-order valence-corrected chi connectivity index (χ1v) is 9.65. The Kier molecular flexibility index (Phi) is 6.69. The number of aryl methyl sites for hydroxylation is 1. The predicted octanol–water partition coefficient (Wildman–Crippen LogP) is 2.21. The molecular weight excluding hydrogens is 435 g/mol. The highest BCUT2D eigenvalue weighted by atomic mass is 19.4. The molecule has 3 rings (SSSR count). The van der Waals surface area contributed by atoms with E-state index in [-0.39, 0.29) is 25.5 Å². The van der Waals surface area contributed by atoms with Gasteiger partial charge in [-0.1, -0.05) is 0 Å². The largest absolute Gasteiger partial charge is 0.481 e. The van der Waals surface area contributed by atoms with Crippen LogP contribution in [0.15, 0.2) is 18.3 Å². The molecule has 32 heavy (non-hydrogen) atoms. The number of carbonyl (C=O) groups is 2. The molecule has 4 N–H and O–H groups in total. The van der Waals surface area contributed by atoms with E-state index in [2.05, 4.69) is 35.5 Å². The Bertz CT molecular complexity index is 955. The van der Waals surface area contributed by atoms with Crippen molar-refractivity contribution in [3.05, 3.63) is 24.0 Å². The van der Waals surface area contributed by atoms with Gasteiger partial charge in [0.25, 0.3) is 0 Å². The SMILES string of the molecule is Cc1cc(Nc2ccn[nH]2)nc(N2C[C@@H](NC(=O)O[C@@H](C)C(F)(F)F)C[C@@H](C(=O)O)C2)n1. The van der Waals surface area contributed by atoms with Gasteiger partial charge in [0.15, 0.2) is 6.10 Å². The molecule has 0 radical (unpaired) electrons. The Morgan fingerprint density at radius 3 is 2.72 bits per heavy atom. The second-order valence-corrected chi connectivity index (χ2v) is 7.40. The average Bonchev–Trinajstić information content (AvgIpc) is 3.19. The third kappa shape index (κ3) is 5.98. The summed E-state index contributed by atoms with van der Waals surface area (Å²) in [7, 11) is 0. The molecule has 0 spiro atoms. The van der Waals surface area contributed by atoms with Crippen molar-refractivity contribution in [3.8, 4) is 0 Å². The minimum atomic E-state index is -4.70. The van der Waals surface area contributed by atoms with Crippen LogP contribution in [0.4, 0.5) is 35.5 Å². The number of alkyl carbamates (subject to hydrolysis) is 1. The van der Waals surface area contributed by atoms with Crippen molar-refractivity contribution in [2.75, 3.05) is 23.3 Å². The van der Waals surface area contributed by atoms with E-state index in [0.29, 0.717) is 24.3 Å². The molecule has 1 saturated heterocycles. The standard InChI is InChI=1S/C18H22F3N7O4/c1-9-5-14(25-13-3-4-22-27-13)26-16(23-9)28-7-11(15(29)30)6-12(8-28)24-17(31)32-10(2)18(19,20)21/h3-5,10-12H,6-8H2,1-2H3,(H,24,31)(H,29,30)(H2,22,23,25,26,27)/t10-,11+,12-/m0/s1. The molecule has 174 valence electrons. The number of carbonyl (C=O) groups excluding carboxylic acids is 1. The molecule has 3 heterocycles. The van der Waals surface area contributed by atoms with Gasteiger partial charge in [0.05, 0.1) is 18.2 Å². The first-order valence-electron chi connectivity index (χ1n) is 9.65. The average molecular weight is 457 g/mol. The molecule has 1 amide bonds. The number of ether oxygens (including phenoxy) is 1. The molecule has 14 heteroatoms. The highest BCUT2D eigenvalue weighted by Gasteiger charge is 2.40. The zero-order valence-corrected chi connectivity index (χ0v) is 17.2. The lowest BCUT2D eigenvalue weighted by molar-refractivity contribution is -0.197. The fourth-order valence-corrected chi connectivity index (χ4v) is 3.20. The summed E-state index contributed by atoms with van der Waals surface area (Å²) in [4.78, 5) is 33.8. The number of carboxylic acid groups (broad SMARTS) is 1. The number of H-pyrrole nitrogens is 1. The van der Waals surface area contributed by atoms with Crippen molar-refractivity contribution in [2.24, 2.45) is 5.92 Å². The van der Waals surface area contributed by atoms with Gasteiger partial charge < -0.3 is 25.4 Å². The van der Waals surface area contributed by atoms with Crippen LogP contribution in [0, 0.1) is 12.8 Å². The van der Waals surface area contributed by atoms with Crippen LogP contribution < -0.4 is 15.5 Å². The van der Waals surface area contributed by atoms with Crippen molar-refractivity contribution < 1.29 is 32.6 Å². The topological polar surface area (TPSA) is 145 Å². The summed E-state index contributed by atoms with van der Waals surface area (Å²) in [5, 5.41) is 21.4. The smallest absolute Gasteiger partial charge is 0.425 e. The van der Waals surface area contributed by atoms with Crippen molar-refractivity contribution in [3.63, 3.8) is 0 Å². The lowest BCUT2D eigenvalue weighted by Gasteiger charge is -2.36. The van der Waals surface area contributed by atoms with E-state index < -0.39 is 36.3 Å². The van der Waals surface area contributed by atoms with Crippen LogP contribution in [-0.2, 0) is 9.53 Å². The lowest BCUT2D eigenvalue weighted by Crippen LogP contribution is -2.53. The zero-order chi connectivity index (χ0) is 23.5. The summed E-state index contributed by atoms with van der Waals surface area (Å²) in [6, 6.07) is 2.58. The Labute approximate surface area is 180 Å². The minimum absolute atomic E-state index is 0.0202. The maximum absolute atomic E-state index is 12.6. The van der Waals surface area contributed by atoms with Crippen LogP contribution in [0.3, 0.4) is 0 Å². The third-order valence-electron chi connectivity index (χ3n) is 4.76. The molecule has 3 atom stereocenters. The molecule has 2 aromatic rings. The number of aliphatic carboxylic acids is 1. The number of nitrogens with one attached hydrogen (secondary N) is 3. The summed E-state index contributed by atoms with van der Waals surface area (Å²) >= 11 is 0. The van der Waals surface area contributed by atoms with Gasteiger partial charge in [0.2, 0.25) is 5.95 Å². The quantitative estimate of drug-likeness (QED) is 0.513. The summed E-state index contributed by atoms with van der Waals surface area (Å²) in [5.41, 5.74) is 0.595. The van der Waals surface area contributed by atoms with Crippen LogP contribution in [-0.4, -0.2) is 68.7 Å². The summed E-state index contributed by atoms with van der Waals surface area (Å²) in [6.07, 6.45) is -6.71. The molecule has 0 aromatic carbocycles. The molecule has 0 saturated carbocycles. The van der Waals surface area contributed by atoms with Gasteiger partial charge in [-0.3, -0.25) is 9.89 Å². The Hall–Kier alpha value is -3.58. The number of anilines is 3. The monoisotopic (exact) mass is 457 g/mol. The molecule has 0 bridgehead atoms. The maximum atomic E-state index is 12.6. The van der Waals surface area contributed by atoms with Gasteiger partial charge in [0.1, 0.15) is 11.6 Å². The zero-order valence-electron chi connectivity index (χ0n) is 17.2. The Morgan fingerprint density at radius 2 is 2.09 bits per heavy atom. The molecule has 11 nitrogen and oxygen atoms in total. The third-order valence-corrected chi connectivity index (χ3v) is 4.76. The van der Waals surface area contributed by atoms with Crippen LogP contribution in [0.1, 0.15) is 19.0 Å². The maximum Gasteiger partial charge on any atom is 0.425 e. The number of piperidine rings is 1. The number of hydrogen-bond donors (Lipinski definition) is 4. The number of nitrogens with zero attached hydrogens (tertiary/aromatic N) is 4. The minimum Gasteiger partial charge on any atom is -0.481 e. The normalized spacial score (nSPS) is 19.8. The second-order valence-electron chi connectivity index (χ2n) is 7.40. The van der Waals surface area contributed by atoms with Crippen LogP contribution in [0.2, 0.25) is 0 Å². The van der Waals surface area contributed by atoms with E-state index in [4.69, 9.17) is 0 Å².